The van der Waals surface area contributed by atoms with Crippen LogP contribution in [0.4, 0.5) is 0 Å². The van der Waals surface area contributed by atoms with Crippen molar-refractivity contribution in [3.05, 3.63) is 34.9 Å². The zero-order valence-corrected chi connectivity index (χ0v) is 9.23. The first kappa shape index (κ1) is 9.74. The Balaban J connectivity index is 2.40. The number of aryl methyl sites for hydroxylation is 1. The molecule has 0 N–H and O–H groups in total. The monoisotopic (exact) mass is 207 g/mol. The summed E-state index contributed by atoms with van der Waals surface area (Å²) in [7, 11) is 0. The van der Waals surface area contributed by atoms with Crippen LogP contribution < -0.4 is 0 Å². The highest BCUT2D eigenvalue weighted by Crippen LogP contribution is 2.23. The third-order valence-electron chi connectivity index (χ3n) is 2.49. The molecule has 0 unspecified atom stereocenters. The van der Waals surface area contributed by atoms with Crippen LogP contribution in [0.3, 0.4) is 0 Å². The molecule has 0 fully saturated rings. The Labute approximate surface area is 88.4 Å². The lowest BCUT2D eigenvalue weighted by Crippen LogP contribution is -2.29. The maximum absolute atomic E-state index is 11.7. The SMILES string of the molecule is CSN1CC(=O)c2ccc(C)cc2C1. The van der Waals surface area contributed by atoms with E-state index in [1.807, 2.05) is 18.4 Å². The normalized spacial score (nSPS) is 16.9. The van der Waals surface area contributed by atoms with Crippen molar-refractivity contribution in [2.24, 2.45) is 0 Å². The van der Waals surface area contributed by atoms with Gasteiger partial charge in [-0.1, -0.05) is 35.7 Å². The van der Waals surface area contributed by atoms with Crippen molar-refractivity contribution in [2.75, 3.05) is 12.8 Å². The summed E-state index contributed by atoms with van der Waals surface area (Å²) in [6.45, 7) is 3.48. The molecular weight excluding hydrogens is 194 g/mol. The molecule has 1 aliphatic heterocycles. The van der Waals surface area contributed by atoms with Crippen molar-refractivity contribution in [1.29, 1.82) is 0 Å². The van der Waals surface area contributed by atoms with E-state index < -0.39 is 0 Å². The van der Waals surface area contributed by atoms with Gasteiger partial charge >= 0.3 is 0 Å². The van der Waals surface area contributed by atoms with Gasteiger partial charge in [-0.05, 0) is 18.7 Å². The zero-order chi connectivity index (χ0) is 10.1. The van der Waals surface area contributed by atoms with Gasteiger partial charge in [0.2, 0.25) is 0 Å². The molecule has 0 aromatic heterocycles. The van der Waals surface area contributed by atoms with Crippen LogP contribution >= 0.6 is 11.9 Å². The molecule has 0 amide bonds. The van der Waals surface area contributed by atoms with Crippen LogP contribution in [0.2, 0.25) is 0 Å². The molecule has 0 saturated heterocycles. The van der Waals surface area contributed by atoms with E-state index in [9.17, 15) is 4.79 Å². The van der Waals surface area contributed by atoms with Gasteiger partial charge in [-0.15, -0.1) is 0 Å². The van der Waals surface area contributed by atoms with E-state index in [0.717, 1.165) is 17.7 Å². The number of benzene rings is 1. The van der Waals surface area contributed by atoms with Crippen LogP contribution in [0.25, 0.3) is 0 Å². The fraction of sp³-hybridized carbons (Fsp3) is 0.364. The van der Waals surface area contributed by atoms with Crippen LogP contribution in [0.15, 0.2) is 18.2 Å². The number of hydrogen-bond donors (Lipinski definition) is 0. The molecule has 3 heteroatoms. The summed E-state index contributed by atoms with van der Waals surface area (Å²) in [4.78, 5) is 11.7. The highest BCUT2D eigenvalue weighted by Gasteiger charge is 2.22. The molecule has 0 radical (unpaired) electrons. The average molecular weight is 207 g/mol. The second-order valence-electron chi connectivity index (χ2n) is 3.56. The topological polar surface area (TPSA) is 20.3 Å². The predicted octanol–water partition coefficient (Wildman–Crippen LogP) is 2.27. The second-order valence-corrected chi connectivity index (χ2v) is 4.45. The van der Waals surface area contributed by atoms with Gasteiger partial charge in [0.25, 0.3) is 0 Å². The van der Waals surface area contributed by atoms with Crippen molar-refractivity contribution in [2.45, 2.75) is 13.5 Å². The van der Waals surface area contributed by atoms with Crippen molar-refractivity contribution in [1.82, 2.24) is 4.31 Å². The smallest absolute Gasteiger partial charge is 0.178 e. The average Bonchev–Trinajstić information content (AvgIpc) is 2.16. The molecule has 1 aromatic rings. The number of Topliss-reactive ketones (excluding diaryl/α,β-unsaturated/α-hetero) is 1. The van der Waals surface area contributed by atoms with Crippen molar-refractivity contribution in [3.8, 4) is 0 Å². The van der Waals surface area contributed by atoms with E-state index in [-0.39, 0.29) is 5.78 Å². The Bertz CT molecular complexity index is 376. The number of nitrogens with zero attached hydrogens (tertiary/aromatic N) is 1. The minimum atomic E-state index is 0.237. The van der Waals surface area contributed by atoms with E-state index >= 15 is 0 Å². The Morgan fingerprint density at radius 2 is 2.14 bits per heavy atom. The summed E-state index contributed by atoms with van der Waals surface area (Å²) >= 11 is 1.63. The maximum Gasteiger partial charge on any atom is 0.178 e. The molecule has 14 heavy (non-hydrogen) atoms. The van der Waals surface area contributed by atoms with Gasteiger partial charge in [-0.3, -0.25) is 4.79 Å². The molecule has 1 heterocycles. The van der Waals surface area contributed by atoms with Gasteiger partial charge in [0.05, 0.1) is 6.54 Å². The summed E-state index contributed by atoms with van der Waals surface area (Å²) in [5.74, 6) is 0.237. The van der Waals surface area contributed by atoms with Crippen molar-refractivity contribution < 1.29 is 4.79 Å². The van der Waals surface area contributed by atoms with Gasteiger partial charge in [-0.25, -0.2) is 4.31 Å². The highest BCUT2D eigenvalue weighted by molar-refractivity contribution is 7.96. The number of fused-ring (bicyclic) bond motifs is 1. The fourth-order valence-corrected chi connectivity index (χ4v) is 2.26. The van der Waals surface area contributed by atoms with Gasteiger partial charge in [0.1, 0.15) is 0 Å². The summed E-state index contributed by atoms with van der Waals surface area (Å²) in [6, 6.07) is 6.06. The third kappa shape index (κ3) is 1.70. The number of rotatable bonds is 1. The first-order valence-electron chi connectivity index (χ1n) is 4.62. The molecular formula is C11H13NOS. The molecule has 0 aliphatic carbocycles. The summed E-state index contributed by atoms with van der Waals surface area (Å²) < 4.78 is 2.09. The van der Waals surface area contributed by atoms with Crippen LogP contribution in [0, 0.1) is 6.92 Å². The predicted molar refractivity (Wildman–Crippen MR) is 59.4 cm³/mol. The summed E-state index contributed by atoms with van der Waals surface area (Å²) in [5.41, 5.74) is 3.29. The molecule has 0 spiro atoms. The first-order chi connectivity index (χ1) is 6.70. The Kier molecular flexibility index (Phi) is 2.61. The molecule has 2 rings (SSSR count). The van der Waals surface area contributed by atoms with Gasteiger partial charge < -0.3 is 0 Å². The second kappa shape index (κ2) is 3.75. The maximum atomic E-state index is 11.7. The Morgan fingerprint density at radius 3 is 2.86 bits per heavy atom. The quantitative estimate of drug-likeness (QED) is 0.659. The highest BCUT2D eigenvalue weighted by atomic mass is 32.2. The van der Waals surface area contributed by atoms with Gasteiger partial charge in [0, 0.05) is 12.1 Å². The minimum Gasteiger partial charge on any atom is -0.293 e. The molecule has 74 valence electrons. The van der Waals surface area contributed by atoms with E-state index in [2.05, 4.69) is 17.3 Å². The number of ketones is 1. The van der Waals surface area contributed by atoms with Crippen LogP contribution in [-0.2, 0) is 6.54 Å². The molecule has 0 saturated carbocycles. The molecule has 2 nitrogen and oxygen atoms in total. The zero-order valence-electron chi connectivity index (χ0n) is 8.41. The van der Waals surface area contributed by atoms with Gasteiger partial charge in [0.15, 0.2) is 5.78 Å². The standard InChI is InChI=1S/C11H13NOS/c1-8-3-4-10-9(5-8)6-12(14-2)7-11(10)13/h3-5H,6-7H2,1-2H3. The lowest BCUT2D eigenvalue weighted by atomic mass is 9.98. The number of hydrogen-bond acceptors (Lipinski definition) is 3. The van der Waals surface area contributed by atoms with Crippen LogP contribution in [0.5, 0.6) is 0 Å². The van der Waals surface area contributed by atoms with E-state index in [4.69, 9.17) is 0 Å². The van der Waals surface area contributed by atoms with Crippen LogP contribution in [-0.4, -0.2) is 22.9 Å². The van der Waals surface area contributed by atoms with Crippen molar-refractivity contribution >= 4 is 17.7 Å². The molecule has 0 bridgehead atoms. The number of carbonyl (C=O) groups is 1. The lowest BCUT2D eigenvalue weighted by molar-refractivity contribution is 0.0955. The third-order valence-corrected chi connectivity index (χ3v) is 3.26. The Hall–Kier alpha value is -0.800. The Morgan fingerprint density at radius 1 is 1.36 bits per heavy atom. The molecule has 0 atom stereocenters. The van der Waals surface area contributed by atoms with Crippen molar-refractivity contribution in [3.63, 3.8) is 0 Å². The number of carbonyl (C=O) groups excluding carboxylic acids is 1. The van der Waals surface area contributed by atoms with Crippen LogP contribution in [0.1, 0.15) is 21.5 Å². The van der Waals surface area contributed by atoms with E-state index in [1.54, 1.807) is 11.9 Å². The molecule has 1 aliphatic rings. The summed E-state index contributed by atoms with van der Waals surface area (Å²) in [6.07, 6.45) is 2.01. The molecule has 1 aromatic carbocycles. The fourth-order valence-electron chi connectivity index (χ4n) is 1.75. The van der Waals surface area contributed by atoms with Gasteiger partial charge in [-0.2, -0.15) is 0 Å². The summed E-state index contributed by atoms with van der Waals surface area (Å²) in [5, 5.41) is 0. The van der Waals surface area contributed by atoms with E-state index in [1.165, 1.54) is 5.56 Å². The lowest BCUT2D eigenvalue weighted by Gasteiger charge is -2.25. The first-order valence-corrected chi connectivity index (χ1v) is 5.80. The largest absolute Gasteiger partial charge is 0.293 e. The van der Waals surface area contributed by atoms with E-state index in [0.29, 0.717) is 6.54 Å². The minimum absolute atomic E-state index is 0.237.